The van der Waals surface area contributed by atoms with Crippen molar-refractivity contribution in [2.45, 2.75) is 71.3 Å². The Labute approximate surface area is 221 Å². The summed E-state index contributed by atoms with van der Waals surface area (Å²) in [7, 11) is 0. The molecule has 4 saturated carbocycles. The van der Waals surface area contributed by atoms with Gasteiger partial charge in [0, 0.05) is 23.5 Å². The van der Waals surface area contributed by atoms with Crippen molar-refractivity contribution < 1.29 is 14.3 Å². The Kier molecular flexibility index (Phi) is 6.18. The maximum Gasteiger partial charge on any atom is 0.335 e. The van der Waals surface area contributed by atoms with Crippen molar-refractivity contribution >= 4 is 41.2 Å². The maximum atomic E-state index is 13.2. The molecule has 6 nitrogen and oxygen atoms in total. The highest BCUT2D eigenvalue weighted by atomic mass is 32.2. The van der Waals surface area contributed by atoms with Crippen molar-refractivity contribution in [3.05, 3.63) is 44.3 Å². The van der Waals surface area contributed by atoms with E-state index in [2.05, 4.69) is 12.2 Å². The summed E-state index contributed by atoms with van der Waals surface area (Å²) >= 11 is 3.00. The van der Waals surface area contributed by atoms with Crippen molar-refractivity contribution in [1.82, 2.24) is 9.88 Å². The average Bonchev–Trinajstić information content (AvgIpc) is 3.40. The molecule has 36 heavy (non-hydrogen) atoms. The monoisotopic (exact) mass is 525 g/mol. The molecule has 1 amide bonds. The Morgan fingerprint density at radius 3 is 2.56 bits per heavy atom. The molecule has 4 bridgehead atoms. The fraction of sp³-hybridized carbons (Fsp3) is 0.607. The molecule has 3 heterocycles. The smallest absolute Gasteiger partial charge is 0.335 e. The SMILES string of the molecule is CCOC(=O)C1=C(C)SC(SCC(=O)NC(C)C23CC4CC(CC(C4)C2)C3)=C2C(=N)n3cccc3C12. The number of rotatable bonds is 7. The molecule has 7 rings (SSSR count). The van der Waals surface area contributed by atoms with Crippen molar-refractivity contribution in [1.29, 1.82) is 5.41 Å². The second-order valence-electron chi connectivity index (χ2n) is 11.4. The van der Waals surface area contributed by atoms with Crippen LogP contribution in [0.4, 0.5) is 0 Å². The summed E-state index contributed by atoms with van der Waals surface area (Å²) in [5.74, 6) is 2.72. The van der Waals surface area contributed by atoms with Gasteiger partial charge < -0.3 is 14.6 Å². The van der Waals surface area contributed by atoms with Gasteiger partial charge >= 0.3 is 5.97 Å². The number of esters is 1. The molecule has 2 N–H and O–H groups in total. The predicted octanol–water partition coefficient (Wildman–Crippen LogP) is 5.66. The number of thioether (sulfide) groups is 2. The maximum absolute atomic E-state index is 13.2. The Hall–Kier alpha value is -1.93. The number of amides is 1. The first-order valence-corrected chi connectivity index (χ1v) is 15.1. The molecule has 1 aromatic heterocycles. The first-order chi connectivity index (χ1) is 17.3. The van der Waals surface area contributed by atoms with Gasteiger partial charge in [-0.15, -0.1) is 11.8 Å². The fourth-order valence-electron chi connectivity index (χ4n) is 8.06. The molecule has 4 aliphatic carbocycles. The second-order valence-corrected chi connectivity index (χ2v) is 13.9. The highest BCUT2D eigenvalue weighted by Crippen LogP contribution is 2.61. The van der Waals surface area contributed by atoms with E-state index in [0.717, 1.165) is 38.2 Å². The zero-order valence-corrected chi connectivity index (χ0v) is 22.9. The van der Waals surface area contributed by atoms with Crippen molar-refractivity contribution in [2.24, 2.45) is 23.2 Å². The van der Waals surface area contributed by atoms with Crippen LogP contribution in [0.3, 0.4) is 0 Å². The molecule has 6 aliphatic rings. The van der Waals surface area contributed by atoms with Gasteiger partial charge in [0.15, 0.2) is 0 Å². The van der Waals surface area contributed by atoms with E-state index in [1.807, 2.05) is 36.7 Å². The lowest BCUT2D eigenvalue weighted by Crippen LogP contribution is -2.56. The third kappa shape index (κ3) is 3.90. The molecule has 192 valence electrons. The Morgan fingerprint density at radius 2 is 1.92 bits per heavy atom. The molecule has 1 aromatic rings. The van der Waals surface area contributed by atoms with E-state index in [4.69, 9.17) is 10.1 Å². The lowest BCUT2D eigenvalue weighted by molar-refractivity contribution is -0.138. The molecule has 0 aromatic carbocycles. The van der Waals surface area contributed by atoms with Gasteiger partial charge in [-0.1, -0.05) is 11.8 Å². The molecular weight excluding hydrogens is 490 g/mol. The van der Waals surface area contributed by atoms with Gasteiger partial charge in [0.1, 0.15) is 5.84 Å². The molecule has 0 saturated heterocycles. The summed E-state index contributed by atoms with van der Waals surface area (Å²) in [4.78, 5) is 26.9. The predicted molar refractivity (Wildman–Crippen MR) is 145 cm³/mol. The largest absolute Gasteiger partial charge is 0.463 e. The number of hydrogen-bond donors (Lipinski definition) is 2. The van der Waals surface area contributed by atoms with E-state index < -0.39 is 0 Å². The molecule has 0 radical (unpaired) electrons. The van der Waals surface area contributed by atoms with Crippen LogP contribution in [0.5, 0.6) is 0 Å². The van der Waals surface area contributed by atoms with Crippen molar-refractivity contribution in [3.8, 4) is 0 Å². The molecule has 2 aliphatic heterocycles. The van der Waals surface area contributed by atoms with Gasteiger partial charge in [-0.25, -0.2) is 4.79 Å². The first kappa shape index (κ1) is 24.4. The molecule has 8 heteroatoms. The number of aromatic nitrogens is 1. The van der Waals surface area contributed by atoms with Gasteiger partial charge in [0.25, 0.3) is 0 Å². The van der Waals surface area contributed by atoms with Crippen molar-refractivity contribution in [2.75, 3.05) is 12.4 Å². The van der Waals surface area contributed by atoms with Crippen LogP contribution in [-0.2, 0) is 14.3 Å². The molecule has 2 atom stereocenters. The van der Waals surface area contributed by atoms with E-state index in [1.54, 1.807) is 0 Å². The van der Waals surface area contributed by atoms with E-state index in [9.17, 15) is 9.59 Å². The van der Waals surface area contributed by atoms with E-state index in [0.29, 0.717) is 23.8 Å². The van der Waals surface area contributed by atoms with Crippen LogP contribution in [0, 0.1) is 28.6 Å². The number of nitrogens with one attached hydrogen (secondary N) is 2. The lowest BCUT2D eigenvalue weighted by atomic mass is 9.48. The fourth-order valence-corrected chi connectivity index (χ4v) is 10.5. The number of hydrogen-bond acceptors (Lipinski definition) is 6. The third-order valence-electron chi connectivity index (χ3n) is 9.21. The lowest BCUT2D eigenvalue weighted by Gasteiger charge is -2.59. The number of fused-ring (bicyclic) bond motifs is 3. The number of ether oxygens (including phenoxy) is 1. The summed E-state index contributed by atoms with van der Waals surface area (Å²) in [6.07, 6.45) is 9.90. The van der Waals surface area contributed by atoms with Crippen LogP contribution in [0.15, 0.2) is 38.6 Å². The Bertz CT molecular complexity index is 1160. The molecule has 0 spiro atoms. The second kappa shape index (κ2) is 9.12. The zero-order valence-electron chi connectivity index (χ0n) is 21.3. The third-order valence-corrected chi connectivity index (χ3v) is 11.6. The highest BCUT2D eigenvalue weighted by molar-refractivity contribution is 8.24. The molecule has 2 unspecified atom stereocenters. The van der Waals surface area contributed by atoms with Crippen LogP contribution in [0.1, 0.15) is 70.9 Å². The summed E-state index contributed by atoms with van der Waals surface area (Å²) in [5.41, 5.74) is 2.63. The van der Waals surface area contributed by atoms with Crippen LogP contribution in [-0.4, -0.2) is 40.7 Å². The zero-order chi connectivity index (χ0) is 25.2. The summed E-state index contributed by atoms with van der Waals surface area (Å²) in [6, 6.07) is 4.08. The minimum Gasteiger partial charge on any atom is -0.463 e. The van der Waals surface area contributed by atoms with Gasteiger partial charge in [-0.2, -0.15) is 0 Å². The number of carbonyl (C=O) groups excluding carboxylic acids is 2. The normalized spacial score (nSPS) is 33.0. The summed E-state index contributed by atoms with van der Waals surface area (Å²) in [5, 5.41) is 12.2. The first-order valence-electron chi connectivity index (χ1n) is 13.3. The number of allylic oxidation sites excluding steroid dienone is 2. The summed E-state index contributed by atoms with van der Waals surface area (Å²) in [6.45, 7) is 6.29. The standard InChI is InChI=1S/C28H35N3O3S2/c1-4-34-26(33)22-15(2)36-27(24-23(22)20-6-5-7-31(20)25(24)29)35-14-21(32)30-16(3)28-11-17-8-18(12-28)10-19(9-17)13-28/h5-7,16-19,23,29H,4,8-14H2,1-3H3,(H,30,32). The minimum absolute atomic E-state index is 0.0652. The average molecular weight is 526 g/mol. The van der Waals surface area contributed by atoms with Crippen LogP contribution in [0.2, 0.25) is 0 Å². The van der Waals surface area contributed by atoms with E-state index in [-0.39, 0.29) is 29.3 Å². The van der Waals surface area contributed by atoms with Gasteiger partial charge in [0.05, 0.1) is 28.1 Å². The van der Waals surface area contributed by atoms with Crippen LogP contribution in [0.25, 0.3) is 0 Å². The van der Waals surface area contributed by atoms with Gasteiger partial charge in [-0.05, 0) is 99.5 Å². The topological polar surface area (TPSA) is 84.2 Å². The number of carbonyl (C=O) groups is 2. The van der Waals surface area contributed by atoms with Gasteiger partial charge in [-0.3, -0.25) is 10.2 Å². The van der Waals surface area contributed by atoms with Crippen LogP contribution >= 0.6 is 23.5 Å². The minimum atomic E-state index is -0.321. The van der Waals surface area contributed by atoms with E-state index in [1.165, 1.54) is 62.0 Å². The van der Waals surface area contributed by atoms with Gasteiger partial charge in [0.2, 0.25) is 5.91 Å². The Morgan fingerprint density at radius 1 is 1.25 bits per heavy atom. The molecular formula is C28H35N3O3S2. The summed E-state index contributed by atoms with van der Waals surface area (Å²) < 4.78 is 8.16. The quantitative estimate of drug-likeness (QED) is 0.449. The van der Waals surface area contributed by atoms with Crippen molar-refractivity contribution in [3.63, 3.8) is 0 Å². The highest BCUT2D eigenvalue weighted by Gasteiger charge is 2.53. The Balaban J connectivity index is 1.18. The molecule has 4 fully saturated rings. The van der Waals surface area contributed by atoms with E-state index >= 15 is 0 Å². The van der Waals surface area contributed by atoms with Crippen LogP contribution < -0.4 is 5.32 Å². The number of nitrogens with zero attached hydrogens (tertiary/aromatic N) is 1.